The van der Waals surface area contributed by atoms with E-state index >= 15 is 0 Å². The van der Waals surface area contributed by atoms with Crippen molar-refractivity contribution in [2.45, 2.75) is 17.9 Å². The summed E-state index contributed by atoms with van der Waals surface area (Å²) in [6, 6.07) is 3.51. The van der Waals surface area contributed by atoms with E-state index < -0.39 is 22.0 Å². The molecule has 1 amide bonds. The third kappa shape index (κ3) is 5.27. The molecule has 1 atom stereocenters. The predicted octanol–water partition coefficient (Wildman–Crippen LogP) is 0.461. The zero-order valence-corrected chi connectivity index (χ0v) is 14.1. The third-order valence-electron chi connectivity index (χ3n) is 2.58. The number of sulfonamides is 1. The molecule has 0 aliphatic rings. The minimum Gasteiger partial charge on any atom is -0.399 e. The molecule has 0 aliphatic carbocycles. The number of nitrogen functional groups attached to an aromatic ring is 1. The van der Waals surface area contributed by atoms with Crippen LogP contribution >= 0.6 is 15.9 Å². The number of hydrogen-bond donors (Lipinski definition) is 3. The fourth-order valence-corrected chi connectivity index (χ4v) is 3.71. The van der Waals surface area contributed by atoms with Crippen LogP contribution in [0.25, 0.3) is 0 Å². The SMILES string of the molecule is COCCNC(=O)C(C)NS(=O)(=O)c1cc(N)ccc1Br. The highest BCUT2D eigenvalue weighted by Crippen LogP contribution is 2.24. The van der Waals surface area contributed by atoms with Crippen LogP contribution in [0.4, 0.5) is 5.69 Å². The van der Waals surface area contributed by atoms with E-state index in [1.165, 1.54) is 26.2 Å². The van der Waals surface area contributed by atoms with E-state index in [2.05, 4.69) is 26.0 Å². The second kappa shape index (κ2) is 7.74. The molecule has 0 heterocycles. The standard InChI is InChI=1S/C12H18BrN3O4S/c1-8(12(17)15-5-6-20-2)16-21(18,19)11-7-9(14)3-4-10(11)13/h3-4,7-8,16H,5-6,14H2,1-2H3,(H,15,17). The van der Waals surface area contributed by atoms with Gasteiger partial charge in [-0.2, -0.15) is 4.72 Å². The number of anilines is 1. The van der Waals surface area contributed by atoms with Crippen LogP contribution in [0.5, 0.6) is 0 Å². The Kier molecular flexibility index (Phi) is 6.59. The van der Waals surface area contributed by atoms with Crippen LogP contribution in [-0.2, 0) is 19.6 Å². The van der Waals surface area contributed by atoms with Crippen LogP contribution in [0.15, 0.2) is 27.6 Å². The third-order valence-corrected chi connectivity index (χ3v) is 5.11. The van der Waals surface area contributed by atoms with Crippen LogP contribution in [0.1, 0.15) is 6.92 Å². The molecule has 1 aromatic carbocycles. The molecule has 1 unspecified atom stereocenters. The highest BCUT2D eigenvalue weighted by Gasteiger charge is 2.23. The Morgan fingerprint density at radius 2 is 2.14 bits per heavy atom. The highest BCUT2D eigenvalue weighted by atomic mass is 79.9. The first-order valence-corrected chi connectivity index (χ1v) is 8.39. The van der Waals surface area contributed by atoms with Crippen molar-refractivity contribution in [2.24, 2.45) is 0 Å². The molecular weight excluding hydrogens is 362 g/mol. The molecule has 0 fully saturated rings. The number of ether oxygens (including phenoxy) is 1. The van der Waals surface area contributed by atoms with Gasteiger partial charge in [-0.3, -0.25) is 4.79 Å². The summed E-state index contributed by atoms with van der Waals surface area (Å²) in [7, 11) is -2.35. The first-order chi connectivity index (χ1) is 9.77. The molecule has 0 saturated heterocycles. The van der Waals surface area contributed by atoms with Gasteiger partial charge in [0, 0.05) is 23.8 Å². The molecule has 118 valence electrons. The molecule has 0 spiro atoms. The summed E-state index contributed by atoms with van der Waals surface area (Å²) in [5.41, 5.74) is 5.91. The van der Waals surface area contributed by atoms with E-state index in [4.69, 9.17) is 10.5 Å². The van der Waals surface area contributed by atoms with Crippen molar-refractivity contribution in [1.29, 1.82) is 0 Å². The monoisotopic (exact) mass is 379 g/mol. The second-order valence-corrected chi connectivity index (χ2v) is 6.85. The number of carbonyl (C=O) groups is 1. The van der Waals surface area contributed by atoms with E-state index in [-0.39, 0.29) is 4.90 Å². The van der Waals surface area contributed by atoms with Crippen molar-refractivity contribution in [2.75, 3.05) is 26.0 Å². The fourth-order valence-electron chi connectivity index (χ4n) is 1.51. The maximum absolute atomic E-state index is 12.2. The maximum atomic E-state index is 12.2. The van der Waals surface area contributed by atoms with Gasteiger partial charge in [0.25, 0.3) is 0 Å². The number of methoxy groups -OCH3 is 1. The Bertz CT molecular complexity index is 607. The lowest BCUT2D eigenvalue weighted by Crippen LogP contribution is -2.45. The van der Waals surface area contributed by atoms with Crippen molar-refractivity contribution in [3.63, 3.8) is 0 Å². The topological polar surface area (TPSA) is 111 Å². The molecule has 0 saturated carbocycles. The largest absolute Gasteiger partial charge is 0.399 e. The normalized spacial score (nSPS) is 12.9. The number of hydrogen-bond acceptors (Lipinski definition) is 5. The quantitative estimate of drug-likeness (QED) is 0.470. The molecule has 0 aliphatic heterocycles. The summed E-state index contributed by atoms with van der Waals surface area (Å²) in [6.07, 6.45) is 0. The van der Waals surface area contributed by atoms with Gasteiger partial charge in [0.2, 0.25) is 15.9 Å². The number of rotatable bonds is 7. The van der Waals surface area contributed by atoms with Gasteiger partial charge in [-0.05, 0) is 41.1 Å². The van der Waals surface area contributed by atoms with Gasteiger partial charge >= 0.3 is 0 Å². The summed E-state index contributed by atoms with van der Waals surface area (Å²) in [4.78, 5) is 11.7. The van der Waals surface area contributed by atoms with Gasteiger partial charge < -0.3 is 15.8 Å². The van der Waals surface area contributed by atoms with E-state index in [9.17, 15) is 13.2 Å². The van der Waals surface area contributed by atoms with Crippen molar-refractivity contribution in [3.05, 3.63) is 22.7 Å². The molecule has 0 aromatic heterocycles. The fraction of sp³-hybridized carbons (Fsp3) is 0.417. The number of carbonyl (C=O) groups excluding carboxylic acids is 1. The molecule has 4 N–H and O–H groups in total. The summed E-state index contributed by atoms with van der Waals surface area (Å²) < 4.78 is 32.0. The number of nitrogens with two attached hydrogens (primary N) is 1. The molecule has 0 radical (unpaired) electrons. The van der Waals surface area contributed by atoms with E-state index in [0.717, 1.165) is 0 Å². The Labute approximate surface area is 132 Å². The zero-order chi connectivity index (χ0) is 16.0. The van der Waals surface area contributed by atoms with E-state index in [1.54, 1.807) is 6.07 Å². The van der Waals surface area contributed by atoms with Crippen LogP contribution in [0, 0.1) is 0 Å². The Morgan fingerprint density at radius 3 is 2.76 bits per heavy atom. The lowest BCUT2D eigenvalue weighted by molar-refractivity contribution is -0.122. The summed E-state index contributed by atoms with van der Waals surface area (Å²) in [6.45, 7) is 2.12. The first-order valence-electron chi connectivity index (χ1n) is 6.12. The van der Waals surface area contributed by atoms with Crippen molar-refractivity contribution >= 4 is 37.5 Å². The minimum absolute atomic E-state index is 0.0148. The van der Waals surface area contributed by atoms with Crippen LogP contribution in [0.3, 0.4) is 0 Å². The number of halogens is 1. The van der Waals surface area contributed by atoms with Crippen molar-refractivity contribution in [1.82, 2.24) is 10.0 Å². The van der Waals surface area contributed by atoms with E-state index in [0.29, 0.717) is 23.3 Å². The lowest BCUT2D eigenvalue weighted by atomic mass is 10.3. The number of benzene rings is 1. The van der Waals surface area contributed by atoms with Crippen molar-refractivity contribution < 1.29 is 17.9 Å². The smallest absolute Gasteiger partial charge is 0.242 e. The van der Waals surface area contributed by atoms with Crippen LogP contribution in [0.2, 0.25) is 0 Å². The highest BCUT2D eigenvalue weighted by molar-refractivity contribution is 9.10. The average Bonchev–Trinajstić information content (AvgIpc) is 2.41. The predicted molar refractivity (Wildman–Crippen MR) is 83.2 cm³/mol. The van der Waals surface area contributed by atoms with Gasteiger partial charge in [0.15, 0.2) is 0 Å². The van der Waals surface area contributed by atoms with Crippen LogP contribution in [-0.4, -0.2) is 40.6 Å². The van der Waals surface area contributed by atoms with Gasteiger partial charge in [-0.25, -0.2) is 8.42 Å². The van der Waals surface area contributed by atoms with Gasteiger partial charge in [-0.1, -0.05) is 0 Å². The molecule has 21 heavy (non-hydrogen) atoms. The first kappa shape index (κ1) is 17.9. The summed E-state index contributed by atoms with van der Waals surface area (Å²) in [5, 5.41) is 2.56. The van der Waals surface area contributed by atoms with Crippen molar-refractivity contribution in [3.8, 4) is 0 Å². The van der Waals surface area contributed by atoms with Gasteiger partial charge in [-0.15, -0.1) is 0 Å². The number of nitrogens with one attached hydrogen (secondary N) is 2. The van der Waals surface area contributed by atoms with E-state index in [1.807, 2.05) is 0 Å². The minimum atomic E-state index is -3.86. The second-order valence-electron chi connectivity index (χ2n) is 4.32. The average molecular weight is 380 g/mol. The molecule has 1 rings (SSSR count). The Balaban J connectivity index is 2.80. The number of amides is 1. The molecule has 1 aromatic rings. The summed E-state index contributed by atoms with van der Waals surface area (Å²) >= 11 is 3.15. The van der Waals surface area contributed by atoms with Gasteiger partial charge in [0.05, 0.1) is 17.5 Å². The zero-order valence-electron chi connectivity index (χ0n) is 11.7. The molecule has 7 nitrogen and oxygen atoms in total. The van der Waals surface area contributed by atoms with Gasteiger partial charge in [0.1, 0.15) is 0 Å². The Hall–Kier alpha value is -1.16. The lowest BCUT2D eigenvalue weighted by Gasteiger charge is -2.15. The molecule has 0 bridgehead atoms. The Morgan fingerprint density at radius 1 is 1.48 bits per heavy atom. The molecular formula is C12H18BrN3O4S. The maximum Gasteiger partial charge on any atom is 0.242 e. The molecule has 9 heteroatoms. The van der Waals surface area contributed by atoms with Crippen LogP contribution < -0.4 is 15.8 Å². The summed E-state index contributed by atoms with van der Waals surface area (Å²) in [5.74, 6) is -0.435.